The maximum absolute atomic E-state index is 12.0. The third-order valence-electron chi connectivity index (χ3n) is 3.03. The van der Waals surface area contributed by atoms with Crippen molar-refractivity contribution >= 4 is 51.5 Å². The van der Waals surface area contributed by atoms with E-state index in [1.807, 2.05) is 6.92 Å². The van der Waals surface area contributed by atoms with Crippen LogP contribution < -0.4 is 10.6 Å². The maximum atomic E-state index is 12.0. The Hall–Kier alpha value is -2.26. The highest BCUT2D eigenvalue weighted by Gasteiger charge is 2.10. The van der Waals surface area contributed by atoms with Gasteiger partial charge in [-0.2, -0.15) is 0 Å². The van der Waals surface area contributed by atoms with Gasteiger partial charge in [0.25, 0.3) is 0 Å². The normalized spacial score (nSPS) is 10.3. The molecule has 1 aromatic heterocycles. The number of nitrogens with one attached hydrogen (secondary N) is 2. The highest BCUT2D eigenvalue weighted by molar-refractivity contribution is 8.01. The molecule has 0 atom stereocenters. The van der Waals surface area contributed by atoms with Gasteiger partial charge in [0.05, 0.1) is 5.75 Å². The lowest BCUT2D eigenvalue weighted by Gasteiger charge is -2.04. The Bertz CT molecular complexity index is 759. The van der Waals surface area contributed by atoms with E-state index < -0.39 is 0 Å². The first kappa shape index (κ1) is 19.1. The standard InChI is InChI=1S/C16H18N4O3S2/c1-3-4-13(22)18-15-19-20-16(25-15)24-9-14(23)17-12-7-5-11(6-8-12)10(2)21/h5-8H,3-4,9H2,1-2H3,(H,17,23)(H,18,19,22). The first-order valence-corrected chi connectivity index (χ1v) is 9.45. The number of nitrogens with zero attached hydrogens (tertiary/aromatic N) is 2. The number of hydrogen-bond donors (Lipinski definition) is 2. The summed E-state index contributed by atoms with van der Waals surface area (Å²) < 4.78 is 0.605. The molecule has 2 aromatic rings. The van der Waals surface area contributed by atoms with E-state index in [1.165, 1.54) is 30.0 Å². The molecule has 2 rings (SSSR count). The van der Waals surface area contributed by atoms with Gasteiger partial charge in [0, 0.05) is 17.7 Å². The van der Waals surface area contributed by atoms with Crippen molar-refractivity contribution in [2.24, 2.45) is 0 Å². The van der Waals surface area contributed by atoms with Crippen molar-refractivity contribution in [1.29, 1.82) is 0 Å². The second kappa shape index (κ2) is 9.28. The summed E-state index contributed by atoms with van der Waals surface area (Å²) in [4.78, 5) is 34.7. The molecule has 0 aliphatic heterocycles. The third kappa shape index (κ3) is 6.28. The molecule has 0 unspecified atom stereocenters. The van der Waals surface area contributed by atoms with E-state index in [0.29, 0.717) is 27.1 Å². The number of benzene rings is 1. The minimum absolute atomic E-state index is 0.0217. The number of ketones is 1. The Labute approximate surface area is 153 Å². The van der Waals surface area contributed by atoms with Crippen LogP contribution in [0.4, 0.5) is 10.8 Å². The fourth-order valence-corrected chi connectivity index (χ4v) is 3.41. The van der Waals surface area contributed by atoms with Crippen molar-refractivity contribution in [3.8, 4) is 0 Å². The Morgan fingerprint density at radius 3 is 2.44 bits per heavy atom. The smallest absolute Gasteiger partial charge is 0.234 e. The number of amides is 2. The molecule has 1 aromatic carbocycles. The molecular weight excluding hydrogens is 360 g/mol. The lowest BCUT2D eigenvalue weighted by molar-refractivity contribution is -0.116. The number of thioether (sulfide) groups is 1. The van der Waals surface area contributed by atoms with Crippen LogP contribution in [0.2, 0.25) is 0 Å². The second-order valence-electron chi connectivity index (χ2n) is 5.14. The van der Waals surface area contributed by atoms with Crippen LogP contribution in [-0.2, 0) is 9.59 Å². The molecule has 7 nitrogen and oxygen atoms in total. The van der Waals surface area contributed by atoms with E-state index in [4.69, 9.17) is 0 Å². The predicted octanol–water partition coefficient (Wildman–Crippen LogP) is 3.21. The van der Waals surface area contributed by atoms with Crippen molar-refractivity contribution in [3.05, 3.63) is 29.8 Å². The first-order chi connectivity index (χ1) is 12.0. The molecule has 0 spiro atoms. The largest absolute Gasteiger partial charge is 0.325 e. The van der Waals surface area contributed by atoms with Crippen LogP contribution in [0.15, 0.2) is 28.6 Å². The molecule has 0 bridgehead atoms. The quantitative estimate of drug-likeness (QED) is 0.415. The van der Waals surface area contributed by atoms with Crippen LogP contribution >= 0.6 is 23.1 Å². The number of anilines is 2. The number of aromatic nitrogens is 2. The molecular formula is C16H18N4O3S2. The van der Waals surface area contributed by atoms with Gasteiger partial charge in [-0.3, -0.25) is 14.4 Å². The van der Waals surface area contributed by atoms with Crippen molar-refractivity contribution < 1.29 is 14.4 Å². The lowest BCUT2D eigenvalue weighted by Crippen LogP contribution is -2.14. The molecule has 0 saturated heterocycles. The second-order valence-corrected chi connectivity index (χ2v) is 7.34. The summed E-state index contributed by atoms with van der Waals surface area (Å²) in [6, 6.07) is 6.71. The highest BCUT2D eigenvalue weighted by Crippen LogP contribution is 2.25. The number of rotatable bonds is 8. The SMILES string of the molecule is CCCC(=O)Nc1nnc(SCC(=O)Nc2ccc(C(C)=O)cc2)s1. The van der Waals surface area contributed by atoms with E-state index in [2.05, 4.69) is 20.8 Å². The van der Waals surface area contributed by atoms with Crippen LogP contribution in [0.25, 0.3) is 0 Å². The molecule has 0 saturated carbocycles. The number of Topliss-reactive ketones (excluding diaryl/α,β-unsaturated/α-hetero) is 1. The van der Waals surface area contributed by atoms with Gasteiger partial charge in [-0.05, 0) is 37.6 Å². The van der Waals surface area contributed by atoms with Crippen LogP contribution in [0.1, 0.15) is 37.0 Å². The summed E-state index contributed by atoms with van der Waals surface area (Å²) in [7, 11) is 0. The molecule has 25 heavy (non-hydrogen) atoms. The molecule has 9 heteroatoms. The molecule has 1 heterocycles. The summed E-state index contributed by atoms with van der Waals surface area (Å²) in [5, 5.41) is 13.7. The van der Waals surface area contributed by atoms with Crippen molar-refractivity contribution in [2.45, 2.75) is 31.0 Å². The van der Waals surface area contributed by atoms with Gasteiger partial charge in [-0.15, -0.1) is 10.2 Å². The number of hydrogen-bond acceptors (Lipinski definition) is 7. The lowest BCUT2D eigenvalue weighted by atomic mass is 10.1. The molecule has 0 radical (unpaired) electrons. The molecule has 132 valence electrons. The first-order valence-electron chi connectivity index (χ1n) is 7.65. The van der Waals surface area contributed by atoms with Gasteiger partial charge in [0.15, 0.2) is 10.1 Å². The van der Waals surface area contributed by atoms with Gasteiger partial charge in [0.2, 0.25) is 16.9 Å². The van der Waals surface area contributed by atoms with Gasteiger partial charge >= 0.3 is 0 Å². The van der Waals surface area contributed by atoms with Crippen molar-refractivity contribution in [1.82, 2.24) is 10.2 Å². The summed E-state index contributed by atoms with van der Waals surface area (Å²) >= 11 is 2.48. The third-order valence-corrected chi connectivity index (χ3v) is 5.00. The summed E-state index contributed by atoms with van der Waals surface area (Å²) in [6.45, 7) is 3.42. The topological polar surface area (TPSA) is 101 Å². The average Bonchev–Trinajstić information content (AvgIpc) is 3.01. The fraction of sp³-hybridized carbons (Fsp3) is 0.312. The Morgan fingerprint density at radius 1 is 1.08 bits per heavy atom. The Morgan fingerprint density at radius 2 is 1.80 bits per heavy atom. The van der Waals surface area contributed by atoms with E-state index in [0.717, 1.165) is 6.42 Å². The highest BCUT2D eigenvalue weighted by atomic mass is 32.2. The predicted molar refractivity (Wildman–Crippen MR) is 99.2 cm³/mol. The van der Waals surface area contributed by atoms with Gasteiger partial charge in [0.1, 0.15) is 0 Å². The van der Waals surface area contributed by atoms with Gasteiger partial charge in [-0.25, -0.2) is 0 Å². The monoisotopic (exact) mass is 378 g/mol. The molecule has 2 N–H and O–H groups in total. The van der Waals surface area contributed by atoms with Crippen molar-refractivity contribution in [3.63, 3.8) is 0 Å². The molecule has 0 aliphatic rings. The molecule has 0 aliphatic carbocycles. The van der Waals surface area contributed by atoms with Crippen LogP contribution in [0.3, 0.4) is 0 Å². The minimum Gasteiger partial charge on any atom is -0.325 e. The average molecular weight is 378 g/mol. The van der Waals surface area contributed by atoms with Crippen LogP contribution in [0.5, 0.6) is 0 Å². The molecule has 2 amide bonds. The Balaban J connectivity index is 1.80. The maximum Gasteiger partial charge on any atom is 0.234 e. The van der Waals surface area contributed by atoms with Crippen LogP contribution in [0, 0.1) is 0 Å². The van der Waals surface area contributed by atoms with Crippen LogP contribution in [-0.4, -0.2) is 33.5 Å². The number of carbonyl (C=O) groups excluding carboxylic acids is 3. The summed E-state index contributed by atoms with van der Waals surface area (Å²) in [6.07, 6.45) is 1.20. The number of carbonyl (C=O) groups is 3. The fourth-order valence-electron chi connectivity index (χ4n) is 1.84. The van der Waals surface area contributed by atoms with Gasteiger partial charge in [-0.1, -0.05) is 30.0 Å². The summed E-state index contributed by atoms with van der Waals surface area (Å²) in [5.41, 5.74) is 1.22. The minimum atomic E-state index is -0.188. The molecule has 0 fully saturated rings. The van der Waals surface area contributed by atoms with E-state index >= 15 is 0 Å². The zero-order valence-electron chi connectivity index (χ0n) is 13.9. The summed E-state index contributed by atoms with van der Waals surface area (Å²) in [5.74, 6) is -0.132. The van der Waals surface area contributed by atoms with E-state index in [-0.39, 0.29) is 23.4 Å². The van der Waals surface area contributed by atoms with E-state index in [1.54, 1.807) is 24.3 Å². The van der Waals surface area contributed by atoms with Gasteiger partial charge < -0.3 is 10.6 Å². The Kier molecular flexibility index (Phi) is 7.08. The zero-order valence-corrected chi connectivity index (χ0v) is 15.5. The zero-order chi connectivity index (χ0) is 18.2. The van der Waals surface area contributed by atoms with Crippen molar-refractivity contribution in [2.75, 3.05) is 16.4 Å². The van der Waals surface area contributed by atoms with E-state index in [9.17, 15) is 14.4 Å².